The number of pyridine rings is 1. The fraction of sp³-hybridized carbons (Fsp3) is 0.368. The second kappa shape index (κ2) is 8.55. The number of hydrogen-bond acceptors (Lipinski definition) is 8. The second-order valence-electron chi connectivity index (χ2n) is 6.66. The highest BCUT2D eigenvalue weighted by Crippen LogP contribution is 2.17. The Morgan fingerprint density at radius 1 is 1.21 bits per heavy atom. The Balaban J connectivity index is 1.27. The minimum atomic E-state index is -0.0188. The first-order chi connectivity index (χ1) is 13.8. The van der Waals surface area contributed by atoms with Gasteiger partial charge >= 0.3 is 0 Å². The minimum absolute atomic E-state index is 0.0188. The van der Waals surface area contributed by atoms with E-state index in [2.05, 4.69) is 35.3 Å². The topological polar surface area (TPSA) is 110 Å². The van der Waals surface area contributed by atoms with E-state index in [1.165, 1.54) is 0 Å². The zero-order valence-corrected chi connectivity index (χ0v) is 15.4. The van der Waals surface area contributed by atoms with Crippen LogP contribution in [0.25, 0.3) is 11.4 Å². The minimum Gasteiger partial charge on any atom is -0.353 e. The molecule has 0 aliphatic carbocycles. The fourth-order valence-corrected chi connectivity index (χ4v) is 3.25. The SMILES string of the molecule is O=C(CCc1nc(-c2ccncc2)no1)NC1CCCN(c2cnccn2)C1. The molecule has 3 aromatic rings. The summed E-state index contributed by atoms with van der Waals surface area (Å²) in [5.41, 5.74) is 0.834. The van der Waals surface area contributed by atoms with Crippen LogP contribution in [0.5, 0.6) is 0 Å². The fourth-order valence-electron chi connectivity index (χ4n) is 3.25. The van der Waals surface area contributed by atoms with Gasteiger partial charge in [-0.1, -0.05) is 5.16 Å². The van der Waals surface area contributed by atoms with Crippen LogP contribution in [0.1, 0.15) is 25.2 Å². The number of carbonyl (C=O) groups is 1. The largest absolute Gasteiger partial charge is 0.353 e. The Morgan fingerprint density at radius 2 is 2.11 bits per heavy atom. The Morgan fingerprint density at radius 3 is 2.93 bits per heavy atom. The molecule has 28 heavy (non-hydrogen) atoms. The highest BCUT2D eigenvalue weighted by Gasteiger charge is 2.22. The summed E-state index contributed by atoms with van der Waals surface area (Å²) in [5, 5.41) is 7.06. The number of nitrogens with zero attached hydrogens (tertiary/aromatic N) is 6. The summed E-state index contributed by atoms with van der Waals surface area (Å²) in [6.07, 6.45) is 11.1. The Kier molecular flexibility index (Phi) is 5.51. The smallest absolute Gasteiger partial charge is 0.227 e. The van der Waals surface area contributed by atoms with Crippen LogP contribution in [0, 0.1) is 0 Å². The number of amides is 1. The van der Waals surface area contributed by atoms with Crippen LogP contribution in [0.2, 0.25) is 0 Å². The lowest BCUT2D eigenvalue weighted by molar-refractivity contribution is -0.121. The normalized spacial score (nSPS) is 16.7. The van der Waals surface area contributed by atoms with E-state index in [-0.39, 0.29) is 11.9 Å². The maximum Gasteiger partial charge on any atom is 0.227 e. The maximum absolute atomic E-state index is 12.3. The van der Waals surface area contributed by atoms with E-state index in [4.69, 9.17) is 4.52 Å². The zero-order chi connectivity index (χ0) is 19.2. The van der Waals surface area contributed by atoms with Crippen molar-refractivity contribution in [3.63, 3.8) is 0 Å². The monoisotopic (exact) mass is 379 g/mol. The van der Waals surface area contributed by atoms with E-state index in [0.29, 0.717) is 24.6 Å². The summed E-state index contributed by atoms with van der Waals surface area (Å²) in [7, 11) is 0. The van der Waals surface area contributed by atoms with Crippen molar-refractivity contribution in [1.29, 1.82) is 0 Å². The quantitative estimate of drug-likeness (QED) is 0.688. The summed E-state index contributed by atoms with van der Waals surface area (Å²) in [5.74, 6) is 1.78. The Labute approximate surface area is 162 Å². The number of rotatable bonds is 6. The average molecular weight is 379 g/mol. The Hall–Kier alpha value is -3.36. The van der Waals surface area contributed by atoms with Crippen LogP contribution in [-0.4, -0.2) is 50.1 Å². The van der Waals surface area contributed by atoms with E-state index < -0.39 is 0 Å². The van der Waals surface area contributed by atoms with Crippen molar-refractivity contribution in [2.24, 2.45) is 0 Å². The lowest BCUT2D eigenvalue weighted by atomic mass is 10.1. The van der Waals surface area contributed by atoms with Crippen molar-refractivity contribution in [2.75, 3.05) is 18.0 Å². The molecule has 3 aromatic heterocycles. The molecule has 0 saturated carbocycles. The molecular formula is C19H21N7O2. The predicted molar refractivity (Wildman–Crippen MR) is 101 cm³/mol. The summed E-state index contributed by atoms with van der Waals surface area (Å²) in [6.45, 7) is 1.65. The first kappa shape index (κ1) is 18.0. The third-order valence-electron chi connectivity index (χ3n) is 4.63. The molecule has 1 amide bonds. The Bertz CT molecular complexity index is 901. The molecule has 0 spiro atoms. The number of carbonyl (C=O) groups excluding carboxylic acids is 1. The van der Waals surface area contributed by atoms with E-state index in [9.17, 15) is 4.79 Å². The molecule has 4 heterocycles. The lowest BCUT2D eigenvalue weighted by Gasteiger charge is -2.33. The molecule has 1 aliphatic heterocycles. The van der Waals surface area contributed by atoms with Gasteiger partial charge in [0.1, 0.15) is 5.82 Å². The number of nitrogens with one attached hydrogen (secondary N) is 1. The first-order valence-corrected chi connectivity index (χ1v) is 9.31. The van der Waals surface area contributed by atoms with Gasteiger partial charge in [-0.15, -0.1) is 0 Å². The van der Waals surface area contributed by atoms with Crippen LogP contribution in [-0.2, 0) is 11.2 Å². The van der Waals surface area contributed by atoms with Crippen molar-refractivity contribution in [3.05, 3.63) is 49.0 Å². The highest BCUT2D eigenvalue weighted by molar-refractivity contribution is 5.76. The highest BCUT2D eigenvalue weighted by atomic mass is 16.5. The average Bonchev–Trinajstić information content (AvgIpc) is 3.23. The van der Waals surface area contributed by atoms with Gasteiger partial charge in [-0.2, -0.15) is 4.98 Å². The molecule has 0 aromatic carbocycles. The molecule has 1 aliphatic rings. The van der Waals surface area contributed by atoms with Crippen molar-refractivity contribution in [3.8, 4) is 11.4 Å². The van der Waals surface area contributed by atoms with Crippen molar-refractivity contribution in [2.45, 2.75) is 31.7 Å². The zero-order valence-electron chi connectivity index (χ0n) is 15.4. The number of anilines is 1. The van der Waals surface area contributed by atoms with Crippen molar-refractivity contribution >= 4 is 11.7 Å². The second-order valence-corrected chi connectivity index (χ2v) is 6.66. The molecular weight excluding hydrogens is 358 g/mol. The van der Waals surface area contributed by atoms with Crippen LogP contribution in [0.3, 0.4) is 0 Å². The van der Waals surface area contributed by atoms with E-state index in [1.807, 2.05) is 12.1 Å². The molecule has 1 saturated heterocycles. The molecule has 1 atom stereocenters. The van der Waals surface area contributed by atoms with Gasteiger partial charge in [0.05, 0.1) is 6.20 Å². The number of hydrogen-bond donors (Lipinski definition) is 1. The van der Waals surface area contributed by atoms with Crippen LogP contribution >= 0.6 is 0 Å². The number of piperidine rings is 1. The van der Waals surface area contributed by atoms with Gasteiger partial charge in [-0.3, -0.25) is 14.8 Å². The van der Waals surface area contributed by atoms with Gasteiger partial charge in [0.2, 0.25) is 17.6 Å². The lowest BCUT2D eigenvalue weighted by Crippen LogP contribution is -2.48. The summed E-state index contributed by atoms with van der Waals surface area (Å²) >= 11 is 0. The van der Waals surface area contributed by atoms with E-state index >= 15 is 0 Å². The molecule has 1 fully saturated rings. The number of aromatic nitrogens is 5. The summed E-state index contributed by atoms with van der Waals surface area (Å²) < 4.78 is 5.25. The molecule has 1 unspecified atom stereocenters. The van der Waals surface area contributed by atoms with Crippen LogP contribution in [0.15, 0.2) is 47.6 Å². The van der Waals surface area contributed by atoms with Gasteiger partial charge in [-0.05, 0) is 25.0 Å². The van der Waals surface area contributed by atoms with Gasteiger partial charge < -0.3 is 14.7 Å². The molecule has 9 nitrogen and oxygen atoms in total. The third-order valence-corrected chi connectivity index (χ3v) is 4.63. The standard InChI is InChI=1S/C19H21N7O2/c27-17(3-4-18-24-19(25-28-18)14-5-7-20-8-6-14)23-15-2-1-11-26(13-15)16-12-21-9-10-22-16/h5-10,12,15H,1-4,11,13H2,(H,23,27). The third kappa shape index (κ3) is 4.48. The van der Waals surface area contributed by atoms with Gasteiger partial charge in [0.15, 0.2) is 0 Å². The van der Waals surface area contributed by atoms with Crippen LogP contribution < -0.4 is 10.2 Å². The van der Waals surface area contributed by atoms with E-state index in [0.717, 1.165) is 37.3 Å². The van der Waals surface area contributed by atoms with Gasteiger partial charge in [-0.25, -0.2) is 4.98 Å². The first-order valence-electron chi connectivity index (χ1n) is 9.31. The molecule has 0 bridgehead atoms. The van der Waals surface area contributed by atoms with Gasteiger partial charge in [0.25, 0.3) is 0 Å². The molecule has 0 radical (unpaired) electrons. The van der Waals surface area contributed by atoms with Crippen LogP contribution in [0.4, 0.5) is 5.82 Å². The van der Waals surface area contributed by atoms with E-state index in [1.54, 1.807) is 31.0 Å². The summed E-state index contributed by atoms with van der Waals surface area (Å²) in [4.78, 5) is 31.3. The molecule has 1 N–H and O–H groups in total. The predicted octanol–water partition coefficient (Wildman–Crippen LogP) is 1.64. The van der Waals surface area contributed by atoms with Gasteiger partial charge in [0, 0.05) is 62.3 Å². The van der Waals surface area contributed by atoms with Crippen molar-refractivity contribution < 1.29 is 9.32 Å². The maximum atomic E-state index is 12.3. The molecule has 144 valence electrons. The van der Waals surface area contributed by atoms with Crippen molar-refractivity contribution in [1.82, 2.24) is 30.4 Å². The molecule has 4 rings (SSSR count). The molecule has 9 heteroatoms. The summed E-state index contributed by atoms with van der Waals surface area (Å²) in [6, 6.07) is 3.72. The number of aryl methyl sites for hydroxylation is 1.